The van der Waals surface area contributed by atoms with Gasteiger partial charge in [0.2, 0.25) is 5.88 Å². The Morgan fingerprint density at radius 2 is 2.00 bits per heavy atom. The summed E-state index contributed by atoms with van der Waals surface area (Å²) in [6, 6.07) is 6.83. The number of alkyl halides is 1. The van der Waals surface area contributed by atoms with Crippen LogP contribution in [0.1, 0.15) is 37.7 Å². The van der Waals surface area contributed by atoms with E-state index >= 15 is 4.39 Å². The highest BCUT2D eigenvalue weighted by molar-refractivity contribution is 7.22. The molecule has 2 aromatic heterocycles. The lowest BCUT2D eigenvalue weighted by molar-refractivity contribution is 0.110. The van der Waals surface area contributed by atoms with Gasteiger partial charge in [-0.25, -0.2) is 23.1 Å². The number of ether oxygens (including phenoxy) is 1. The van der Waals surface area contributed by atoms with Gasteiger partial charge in [0.05, 0.1) is 26.5 Å². The molecule has 44 heavy (non-hydrogen) atoms. The number of benzene rings is 2. The molecule has 4 aromatic rings. The summed E-state index contributed by atoms with van der Waals surface area (Å²) in [6.07, 6.45) is 2.97. The van der Waals surface area contributed by atoms with Gasteiger partial charge in [0, 0.05) is 54.7 Å². The Balaban J connectivity index is 1.34. The molecule has 8 rings (SSSR count). The fraction of sp³-hybridized carbons (Fsp3) is 0.452. The van der Waals surface area contributed by atoms with Crippen molar-refractivity contribution in [3.63, 3.8) is 0 Å². The van der Waals surface area contributed by atoms with E-state index in [2.05, 4.69) is 31.2 Å². The van der Waals surface area contributed by atoms with Gasteiger partial charge in [0.1, 0.15) is 35.7 Å². The largest absolute Gasteiger partial charge is 0.475 e. The van der Waals surface area contributed by atoms with E-state index in [1.54, 1.807) is 6.07 Å². The molecule has 4 saturated heterocycles. The first kappa shape index (κ1) is 28.1. The van der Waals surface area contributed by atoms with E-state index in [-0.39, 0.29) is 67.1 Å². The molecule has 2 aromatic carbocycles. The lowest BCUT2D eigenvalue weighted by Gasteiger charge is -2.38. The van der Waals surface area contributed by atoms with Crippen molar-refractivity contribution < 1.29 is 17.9 Å². The maximum absolute atomic E-state index is 16.9. The first-order chi connectivity index (χ1) is 21.3. The van der Waals surface area contributed by atoms with Crippen LogP contribution in [0.3, 0.4) is 0 Å². The van der Waals surface area contributed by atoms with E-state index in [0.717, 1.165) is 56.7 Å². The molecular weight excluding hydrogens is 611 g/mol. The molecule has 4 aliphatic rings. The molecule has 4 aliphatic heterocycles. The summed E-state index contributed by atoms with van der Waals surface area (Å²) in [5.74, 6) is -1.22. The number of hydrogen-bond donors (Lipinski definition) is 2. The highest BCUT2D eigenvalue weighted by atomic mass is 35.5. The predicted octanol–water partition coefficient (Wildman–Crippen LogP) is 5.79. The monoisotopic (exact) mass is 639 g/mol. The maximum atomic E-state index is 16.9. The number of halogens is 4. The number of thiazole rings is 1. The second-order valence-corrected chi connectivity index (χ2v) is 13.8. The average molecular weight is 640 g/mol. The first-order valence-corrected chi connectivity index (χ1v) is 16.1. The zero-order valence-electron chi connectivity index (χ0n) is 23.7. The van der Waals surface area contributed by atoms with Crippen LogP contribution < -0.4 is 20.7 Å². The zero-order valence-corrected chi connectivity index (χ0v) is 25.2. The van der Waals surface area contributed by atoms with Gasteiger partial charge in [-0.1, -0.05) is 22.9 Å². The van der Waals surface area contributed by atoms with Crippen LogP contribution in [-0.2, 0) is 0 Å². The Hall–Kier alpha value is -3.37. The van der Waals surface area contributed by atoms with Crippen LogP contribution in [0.15, 0.2) is 18.2 Å². The molecule has 1 unspecified atom stereocenters. The number of nitrogen functional groups attached to an aromatic ring is 1. The summed E-state index contributed by atoms with van der Waals surface area (Å²) >= 11 is 7.82. The molecular formula is C31H29ClF3N7OS. The third kappa shape index (κ3) is 4.16. The van der Waals surface area contributed by atoms with Gasteiger partial charge < -0.3 is 20.7 Å². The second kappa shape index (κ2) is 10.3. The van der Waals surface area contributed by atoms with Gasteiger partial charge in [0.25, 0.3) is 0 Å². The third-order valence-electron chi connectivity index (χ3n) is 9.88. The summed E-state index contributed by atoms with van der Waals surface area (Å²) in [6.45, 7) is 2.75. The molecule has 0 saturated carbocycles. The summed E-state index contributed by atoms with van der Waals surface area (Å²) in [5.41, 5.74) is 6.69. The number of fused-ring (bicyclic) bond motifs is 5. The molecule has 228 valence electrons. The van der Waals surface area contributed by atoms with Gasteiger partial charge in [-0.05, 0) is 50.4 Å². The van der Waals surface area contributed by atoms with Crippen molar-refractivity contribution in [1.82, 2.24) is 20.2 Å². The summed E-state index contributed by atoms with van der Waals surface area (Å²) < 4.78 is 52.6. The van der Waals surface area contributed by atoms with Crippen LogP contribution in [0, 0.1) is 23.0 Å². The number of aromatic nitrogens is 2. The highest BCUT2D eigenvalue weighted by Gasteiger charge is 2.49. The number of piperazine rings is 1. The van der Waals surface area contributed by atoms with E-state index < -0.39 is 23.3 Å². The zero-order chi connectivity index (χ0) is 30.3. The Kier molecular flexibility index (Phi) is 6.61. The van der Waals surface area contributed by atoms with Crippen LogP contribution >= 0.6 is 22.9 Å². The minimum Gasteiger partial charge on any atom is -0.475 e. The van der Waals surface area contributed by atoms with Crippen molar-refractivity contribution >= 4 is 54.9 Å². The summed E-state index contributed by atoms with van der Waals surface area (Å²) in [4.78, 5) is 13.2. The van der Waals surface area contributed by atoms with Crippen molar-refractivity contribution in [3.05, 3.63) is 40.4 Å². The van der Waals surface area contributed by atoms with E-state index in [9.17, 15) is 14.0 Å². The van der Waals surface area contributed by atoms with Crippen LogP contribution in [0.5, 0.6) is 5.88 Å². The average Bonchev–Trinajstić information content (AvgIpc) is 3.72. The van der Waals surface area contributed by atoms with Crippen LogP contribution in [0.2, 0.25) is 5.02 Å². The second-order valence-electron chi connectivity index (χ2n) is 12.3. The fourth-order valence-electron chi connectivity index (χ4n) is 8.00. The fourth-order valence-corrected chi connectivity index (χ4v) is 9.06. The summed E-state index contributed by atoms with van der Waals surface area (Å²) in [7, 11) is 0. The number of rotatable bonds is 5. The van der Waals surface area contributed by atoms with Gasteiger partial charge in [0.15, 0.2) is 10.9 Å². The third-order valence-corrected chi connectivity index (χ3v) is 11.1. The molecule has 2 bridgehead atoms. The number of nitrogens with zero attached hydrogens (tertiary/aromatic N) is 5. The van der Waals surface area contributed by atoms with Crippen molar-refractivity contribution in [1.29, 1.82) is 5.26 Å². The molecule has 0 aliphatic carbocycles. The first-order valence-electron chi connectivity index (χ1n) is 14.9. The van der Waals surface area contributed by atoms with Crippen LogP contribution in [-0.4, -0.2) is 71.4 Å². The molecule has 0 amide bonds. The van der Waals surface area contributed by atoms with Crippen molar-refractivity contribution in [2.75, 3.05) is 43.4 Å². The SMILES string of the molecule is N#Cc1c(OCC23CCCN2C[C@H](F)C3)nc2c(F)c(-c3ccc(F)c4sc(N)nc34)c(Cl)cc2c1N1[C@@H]2CC[C@H]1CNC2. The van der Waals surface area contributed by atoms with Gasteiger partial charge in [-0.2, -0.15) is 5.26 Å². The van der Waals surface area contributed by atoms with Crippen LogP contribution in [0.25, 0.3) is 32.2 Å². The molecule has 13 heteroatoms. The number of nitriles is 1. The molecule has 6 heterocycles. The minimum atomic E-state index is -0.944. The van der Waals surface area contributed by atoms with Gasteiger partial charge >= 0.3 is 0 Å². The molecule has 4 atom stereocenters. The minimum absolute atomic E-state index is 0.0115. The quantitative estimate of drug-likeness (QED) is 0.283. The smallest absolute Gasteiger partial charge is 0.234 e. The van der Waals surface area contributed by atoms with Crippen LogP contribution in [0.4, 0.5) is 24.0 Å². The number of hydrogen-bond acceptors (Lipinski definition) is 9. The van der Waals surface area contributed by atoms with Crippen molar-refractivity contribution in [3.8, 4) is 23.1 Å². The number of anilines is 2. The molecule has 4 fully saturated rings. The van der Waals surface area contributed by atoms with E-state index in [1.165, 1.54) is 12.1 Å². The Morgan fingerprint density at radius 1 is 1.20 bits per heavy atom. The Bertz CT molecular complexity index is 1870. The molecule has 0 spiro atoms. The topological polar surface area (TPSA) is 103 Å². The van der Waals surface area contributed by atoms with Gasteiger partial charge in [-0.3, -0.25) is 4.90 Å². The van der Waals surface area contributed by atoms with Gasteiger partial charge in [-0.15, -0.1) is 0 Å². The number of pyridine rings is 1. The van der Waals surface area contributed by atoms with E-state index in [4.69, 9.17) is 22.1 Å². The van der Waals surface area contributed by atoms with Crippen molar-refractivity contribution in [2.45, 2.75) is 55.9 Å². The highest BCUT2D eigenvalue weighted by Crippen LogP contribution is 2.48. The van der Waals surface area contributed by atoms with Crippen molar-refractivity contribution in [2.24, 2.45) is 0 Å². The maximum Gasteiger partial charge on any atom is 0.234 e. The molecule has 8 nitrogen and oxygen atoms in total. The normalized spacial score (nSPS) is 26.5. The summed E-state index contributed by atoms with van der Waals surface area (Å²) in [5, 5.41) is 14.6. The molecule has 3 N–H and O–H groups in total. The Labute approximate surface area is 260 Å². The Morgan fingerprint density at radius 3 is 2.77 bits per heavy atom. The van der Waals surface area contributed by atoms with E-state index in [1.807, 2.05) is 0 Å². The predicted molar refractivity (Wildman–Crippen MR) is 165 cm³/mol. The lowest BCUT2D eigenvalue weighted by atomic mass is 9.94. The molecule has 0 radical (unpaired) electrons. The van der Waals surface area contributed by atoms with E-state index in [0.29, 0.717) is 24.0 Å². The standard InChI is InChI=1S/C31H29ClF3N7OS/c32-21-8-19-25(24(35)23(21)18-4-5-22(34)28-26(18)40-30(37)44-28)39-29(43-14-31-6-1-7-41(31)13-15(33)9-31)20(10-36)27(19)42-16-2-3-17(42)12-38-11-16/h4-5,8,15-17,38H,1-3,6-7,9,11-14H2,(H2,37,40)/t15-,16-,17+,31?/m1/s1. The number of nitrogens with one attached hydrogen (secondary N) is 1. The lowest BCUT2D eigenvalue weighted by Crippen LogP contribution is -2.52. The number of nitrogens with two attached hydrogens (primary N) is 1.